The van der Waals surface area contributed by atoms with E-state index in [1.165, 1.54) is 11.1 Å². The fraction of sp³-hybridized carbons (Fsp3) is 0.214. The van der Waals surface area contributed by atoms with Gasteiger partial charge in [0.2, 0.25) is 0 Å². The molecule has 0 fully saturated rings. The van der Waals surface area contributed by atoms with E-state index in [9.17, 15) is 0 Å². The molecule has 2 rings (SSSR count). The van der Waals surface area contributed by atoms with Crippen molar-refractivity contribution in [1.82, 2.24) is 10.3 Å². The third kappa shape index (κ3) is 3.38. The van der Waals surface area contributed by atoms with Crippen LogP contribution in [0.25, 0.3) is 0 Å². The van der Waals surface area contributed by atoms with Gasteiger partial charge in [0.05, 0.1) is 0 Å². The van der Waals surface area contributed by atoms with Crippen molar-refractivity contribution in [3.63, 3.8) is 0 Å². The van der Waals surface area contributed by atoms with E-state index in [4.69, 9.17) is 0 Å². The lowest BCUT2D eigenvalue weighted by molar-refractivity contribution is 0.591. The van der Waals surface area contributed by atoms with Crippen LogP contribution in [0.2, 0.25) is 0 Å². The van der Waals surface area contributed by atoms with E-state index in [1.807, 2.05) is 19.4 Å². The SMILES string of the molecule is CNC(Cc1ccncc1)c1ccc(Br)cc1. The maximum atomic E-state index is 4.04. The van der Waals surface area contributed by atoms with E-state index < -0.39 is 0 Å². The first-order valence-electron chi connectivity index (χ1n) is 5.61. The molecule has 1 heterocycles. The van der Waals surface area contributed by atoms with Crippen molar-refractivity contribution in [2.45, 2.75) is 12.5 Å². The molecule has 0 amide bonds. The first-order valence-corrected chi connectivity index (χ1v) is 6.40. The highest BCUT2D eigenvalue weighted by molar-refractivity contribution is 9.10. The number of nitrogens with zero attached hydrogens (tertiary/aromatic N) is 1. The van der Waals surface area contributed by atoms with Crippen molar-refractivity contribution in [3.8, 4) is 0 Å². The summed E-state index contributed by atoms with van der Waals surface area (Å²) in [7, 11) is 1.99. The smallest absolute Gasteiger partial charge is 0.0358 e. The Balaban J connectivity index is 2.14. The van der Waals surface area contributed by atoms with Crippen LogP contribution in [-0.2, 0) is 6.42 Å². The quantitative estimate of drug-likeness (QED) is 0.934. The highest BCUT2D eigenvalue weighted by atomic mass is 79.9. The van der Waals surface area contributed by atoms with Gasteiger partial charge in [-0.3, -0.25) is 4.98 Å². The van der Waals surface area contributed by atoms with Gasteiger partial charge in [-0.15, -0.1) is 0 Å². The van der Waals surface area contributed by atoms with Gasteiger partial charge in [-0.05, 0) is 48.9 Å². The van der Waals surface area contributed by atoms with Gasteiger partial charge in [0.15, 0.2) is 0 Å². The average Bonchev–Trinajstić information content (AvgIpc) is 2.38. The number of pyridine rings is 1. The van der Waals surface area contributed by atoms with Gasteiger partial charge in [0.25, 0.3) is 0 Å². The van der Waals surface area contributed by atoms with Crippen LogP contribution in [0.3, 0.4) is 0 Å². The summed E-state index contributed by atoms with van der Waals surface area (Å²) in [6, 6.07) is 12.9. The Bertz CT molecular complexity index is 453. The molecule has 2 nitrogen and oxygen atoms in total. The molecule has 0 spiro atoms. The molecule has 3 heteroatoms. The molecule has 1 aromatic heterocycles. The highest BCUT2D eigenvalue weighted by Crippen LogP contribution is 2.20. The fourth-order valence-electron chi connectivity index (χ4n) is 1.84. The minimum Gasteiger partial charge on any atom is -0.313 e. The Morgan fingerprint density at radius 2 is 1.76 bits per heavy atom. The standard InChI is InChI=1S/C14H15BrN2/c1-16-14(10-11-6-8-17-9-7-11)12-2-4-13(15)5-3-12/h2-9,14,16H,10H2,1H3. The zero-order chi connectivity index (χ0) is 12.1. The van der Waals surface area contributed by atoms with E-state index in [1.54, 1.807) is 0 Å². The minimum absolute atomic E-state index is 0.338. The summed E-state index contributed by atoms with van der Waals surface area (Å²) in [5.74, 6) is 0. The molecule has 1 aromatic carbocycles. The Kier molecular flexibility index (Phi) is 4.29. The first kappa shape index (κ1) is 12.3. The summed E-state index contributed by atoms with van der Waals surface area (Å²) < 4.78 is 1.11. The van der Waals surface area contributed by atoms with Crippen LogP contribution in [0.4, 0.5) is 0 Å². The van der Waals surface area contributed by atoms with E-state index in [-0.39, 0.29) is 0 Å². The van der Waals surface area contributed by atoms with Crippen LogP contribution in [0.1, 0.15) is 17.2 Å². The molecule has 2 aromatic rings. The topological polar surface area (TPSA) is 24.9 Å². The monoisotopic (exact) mass is 290 g/mol. The molecule has 88 valence electrons. The van der Waals surface area contributed by atoms with Gasteiger partial charge in [0, 0.05) is 22.9 Å². The molecule has 17 heavy (non-hydrogen) atoms. The van der Waals surface area contributed by atoms with E-state index in [2.05, 4.69) is 62.6 Å². The summed E-state index contributed by atoms with van der Waals surface area (Å²) in [4.78, 5) is 4.04. The third-order valence-corrected chi connectivity index (χ3v) is 3.34. The molecule has 1 atom stereocenters. The predicted octanol–water partition coefficient (Wildman–Crippen LogP) is 3.35. The number of aromatic nitrogens is 1. The molecule has 0 aliphatic heterocycles. The minimum atomic E-state index is 0.338. The third-order valence-electron chi connectivity index (χ3n) is 2.81. The summed E-state index contributed by atoms with van der Waals surface area (Å²) in [6.45, 7) is 0. The second kappa shape index (κ2) is 5.94. The lowest BCUT2D eigenvalue weighted by atomic mass is 10.00. The summed E-state index contributed by atoms with van der Waals surface area (Å²) in [5.41, 5.74) is 2.59. The highest BCUT2D eigenvalue weighted by Gasteiger charge is 2.09. The molecule has 0 saturated carbocycles. The van der Waals surface area contributed by atoms with Gasteiger partial charge in [-0.2, -0.15) is 0 Å². The van der Waals surface area contributed by atoms with Gasteiger partial charge in [-0.25, -0.2) is 0 Å². The van der Waals surface area contributed by atoms with Gasteiger partial charge >= 0.3 is 0 Å². The van der Waals surface area contributed by atoms with Crippen molar-refractivity contribution in [2.24, 2.45) is 0 Å². The van der Waals surface area contributed by atoms with E-state index >= 15 is 0 Å². The Morgan fingerprint density at radius 3 is 2.35 bits per heavy atom. The normalized spacial score (nSPS) is 12.4. The molecule has 0 saturated heterocycles. The number of benzene rings is 1. The van der Waals surface area contributed by atoms with Crippen LogP contribution in [-0.4, -0.2) is 12.0 Å². The van der Waals surface area contributed by atoms with Crippen LogP contribution in [0, 0.1) is 0 Å². The van der Waals surface area contributed by atoms with Crippen molar-refractivity contribution in [2.75, 3.05) is 7.05 Å². The molecular formula is C14H15BrN2. The Labute approximate surface area is 110 Å². The summed E-state index contributed by atoms with van der Waals surface area (Å²) >= 11 is 3.45. The molecule has 0 aliphatic carbocycles. The van der Waals surface area contributed by atoms with Gasteiger partial charge in [0.1, 0.15) is 0 Å². The van der Waals surface area contributed by atoms with E-state index in [0.29, 0.717) is 6.04 Å². The molecule has 1 unspecified atom stereocenters. The summed E-state index contributed by atoms with van der Waals surface area (Å²) in [6.07, 6.45) is 4.65. The van der Waals surface area contributed by atoms with Gasteiger partial charge < -0.3 is 5.32 Å². The number of likely N-dealkylation sites (N-methyl/N-ethyl adjacent to an activating group) is 1. The van der Waals surface area contributed by atoms with Crippen LogP contribution >= 0.6 is 15.9 Å². The Hall–Kier alpha value is -1.19. The number of nitrogens with one attached hydrogen (secondary N) is 1. The van der Waals surface area contributed by atoms with Gasteiger partial charge in [-0.1, -0.05) is 28.1 Å². The van der Waals surface area contributed by atoms with Crippen molar-refractivity contribution >= 4 is 15.9 Å². The fourth-order valence-corrected chi connectivity index (χ4v) is 2.10. The molecule has 0 aliphatic rings. The number of halogens is 1. The largest absolute Gasteiger partial charge is 0.313 e. The van der Waals surface area contributed by atoms with Crippen LogP contribution in [0.5, 0.6) is 0 Å². The second-order valence-corrected chi connectivity index (χ2v) is 4.87. The predicted molar refractivity (Wildman–Crippen MR) is 73.9 cm³/mol. The zero-order valence-corrected chi connectivity index (χ0v) is 11.3. The first-order chi connectivity index (χ1) is 8.29. The van der Waals surface area contributed by atoms with Crippen LogP contribution in [0.15, 0.2) is 53.3 Å². The molecule has 0 bridgehead atoms. The second-order valence-electron chi connectivity index (χ2n) is 3.95. The zero-order valence-electron chi connectivity index (χ0n) is 9.73. The number of hydrogen-bond donors (Lipinski definition) is 1. The number of rotatable bonds is 4. The Morgan fingerprint density at radius 1 is 1.12 bits per heavy atom. The molecule has 1 N–H and O–H groups in total. The number of hydrogen-bond acceptors (Lipinski definition) is 2. The lowest BCUT2D eigenvalue weighted by Crippen LogP contribution is -2.18. The van der Waals surface area contributed by atoms with E-state index in [0.717, 1.165) is 10.9 Å². The van der Waals surface area contributed by atoms with Crippen LogP contribution < -0.4 is 5.32 Å². The van der Waals surface area contributed by atoms with Crippen molar-refractivity contribution in [1.29, 1.82) is 0 Å². The summed E-state index contributed by atoms with van der Waals surface area (Å²) in [5, 5.41) is 3.35. The lowest BCUT2D eigenvalue weighted by Gasteiger charge is -2.16. The van der Waals surface area contributed by atoms with Crippen molar-refractivity contribution < 1.29 is 0 Å². The van der Waals surface area contributed by atoms with Crippen molar-refractivity contribution in [3.05, 3.63) is 64.4 Å². The molecular weight excluding hydrogens is 276 g/mol. The maximum Gasteiger partial charge on any atom is 0.0358 e. The maximum absolute atomic E-state index is 4.04. The average molecular weight is 291 g/mol. The molecule has 0 radical (unpaired) electrons.